The lowest BCUT2D eigenvalue weighted by Gasteiger charge is -2.26. The van der Waals surface area contributed by atoms with E-state index in [9.17, 15) is 9.59 Å². The molecule has 1 atom stereocenters. The summed E-state index contributed by atoms with van der Waals surface area (Å²) in [7, 11) is 0. The van der Waals surface area contributed by atoms with E-state index < -0.39 is 0 Å². The lowest BCUT2D eigenvalue weighted by molar-refractivity contribution is -0.122. The van der Waals surface area contributed by atoms with Crippen LogP contribution in [0.1, 0.15) is 32.1 Å². The first-order valence-corrected chi connectivity index (χ1v) is 8.22. The molecule has 1 aliphatic heterocycles. The highest BCUT2D eigenvalue weighted by atomic mass is 32.2. The van der Waals surface area contributed by atoms with Crippen LogP contribution in [0.15, 0.2) is 0 Å². The van der Waals surface area contributed by atoms with E-state index in [0.717, 1.165) is 43.9 Å². The molecule has 2 aliphatic rings. The molecule has 2 amide bonds. The largest absolute Gasteiger partial charge is 0.378 e. The van der Waals surface area contributed by atoms with Gasteiger partial charge in [-0.05, 0) is 32.1 Å². The van der Waals surface area contributed by atoms with Crippen molar-refractivity contribution in [3.63, 3.8) is 0 Å². The molecule has 1 heterocycles. The fourth-order valence-electron chi connectivity index (χ4n) is 2.44. The molecule has 1 saturated carbocycles. The molecule has 0 spiro atoms. The molecule has 2 fully saturated rings. The van der Waals surface area contributed by atoms with Crippen LogP contribution in [0.5, 0.6) is 0 Å². The monoisotopic (exact) mass is 301 g/mol. The van der Waals surface area contributed by atoms with Gasteiger partial charge in [-0.25, -0.2) is 0 Å². The van der Waals surface area contributed by atoms with E-state index in [4.69, 9.17) is 10.5 Å². The molecule has 0 aromatic heterocycles. The average Bonchev–Trinajstić information content (AvgIpc) is 2.87. The zero-order valence-electron chi connectivity index (χ0n) is 11.6. The Bertz CT molecular complexity index is 346. The molecule has 114 valence electrons. The smallest absolute Gasteiger partial charge is 0.279 e. The Morgan fingerprint density at radius 3 is 2.80 bits per heavy atom. The second-order valence-corrected chi connectivity index (χ2v) is 6.34. The third-order valence-corrected chi connectivity index (χ3v) is 4.56. The van der Waals surface area contributed by atoms with Crippen LogP contribution in [0.2, 0.25) is 0 Å². The van der Waals surface area contributed by atoms with Crippen LogP contribution in [0.4, 0.5) is 4.79 Å². The molecule has 6 nitrogen and oxygen atoms in total. The third kappa shape index (κ3) is 4.96. The predicted molar refractivity (Wildman–Crippen MR) is 78.6 cm³/mol. The van der Waals surface area contributed by atoms with Crippen molar-refractivity contribution >= 4 is 22.9 Å². The number of nitrogens with one attached hydrogen (secondary N) is 2. The Balaban J connectivity index is 1.49. The first-order valence-electron chi connectivity index (χ1n) is 7.23. The molecular weight excluding hydrogens is 278 g/mol. The van der Waals surface area contributed by atoms with Gasteiger partial charge in [-0.15, -0.1) is 0 Å². The summed E-state index contributed by atoms with van der Waals surface area (Å²) in [6.07, 6.45) is 5.29. The number of carbonyl (C=O) groups is 2. The first kappa shape index (κ1) is 15.6. The summed E-state index contributed by atoms with van der Waals surface area (Å²) in [5, 5.41) is 5.32. The topological polar surface area (TPSA) is 93.4 Å². The molecule has 0 bridgehead atoms. The molecule has 1 aliphatic carbocycles. The number of carbonyl (C=O) groups excluding carboxylic acids is 2. The molecule has 4 N–H and O–H groups in total. The summed E-state index contributed by atoms with van der Waals surface area (Å²) in [6, 6.07) is -0.0399. The van der Waals surface area contributed by atoms with E-state index in [1.165, 1.54) is 0 Å². The highest BCUT2D eigenvalue weighted by Crippen LogP contribution is 2.19. The van der Waals surface area contributed by atoms with E-state index >= 15 is 0 Å². The Kier molecular flexibility index (Phi) is 6.12. The second kappa shape index (κ2) is 7.85. The number of nitrogens with two attached hydrogens (primary N) is 1. The van der Waals surface area contributed by atoms with Crippen LogP contribution in [-0.2, 0) is 9.53 Å². The lowest BCUT2D eigenvalue weighted by atomic mass is 9.94. The predicted octanol–water partition coefficient (Wildman–Crippen LogP) is 0.604. The van der Waals surface area contributed by atoms with Crippen molar-refractivity contribution in [2.24, 2.45) is 5.73 Å². The van der Waals surface area contributed by atoms with Gasteiger partial charge in [0.1, 0.15) is 6.04 Å². The van der Waals surface area contributed by atoms with Gasteiger partial charge in [0.25, 0.3) is 5.24 Å². The molecule has 20 heavy (non-hydrogen) atoms. The summed E-state index contributed by atoms with van der Waals surface area (Å²) in [4.78, 5) is 22.7. The van der Waals surface area contributed by atoms with Crippen molar-refractivity contribution in [2.45, 2.75) is 50.3 Å². The van der Waals surface area contributed by atoms with Crippen molar-refractivity contribution in [3.05, 3.63) is 0 Å². The molecule has 1 unspecified atom stereocenters. The second-order valence-electron chi connectivity index (χ2n) is 5.35. The van der Waals surface area contributed by atoms with E-state index in [1.54, 1.807) is 0 Å². The minimum atomic E-state index is -0.381. The first-order chi connectivity index (χ1) is 9.65. The van der Waals surface area contributed by atoms with E-state index in [0.29, 0.717) is 31.1 Å². The maximum atomic E-state index is 11.7. The summed E-state index contributed by atoms with van der Waals surface area (Å²) in [5.41, 5.74) is 5.84. The average molecular weight is 301 g/mol. The van der Waals surface area contributed by atoms with Crippen molar-refractivity contribution in [3.8, 4) is 0 Å². The van der Waals surface area contributed by atoms with Gasteiger partial charge >= 0.3 is 0 Å². The van der Waals surface area contributed by atoms with E-state index in [-0.39, 0.29) is 17.2 Å². The fraction of sp³-hybridized carbons (Fsp3) is 0.846. The number of amides is 2. The van der Waals surface area contributed by atoms with Crippen molar-refractivity contribution in [2.75, 3.05) is 18.9 Å². The van der Waals surface area contributed by atoms with Gasteiger partial charge in [-0.1, -0.05) is 11.8 Å². The van der Waals surface area contributed by atoms with Crippen LogP contribution in [0.3, 0.4) is 0 Å². The lowest BCUT2D eigenvalue weighted by Crippen LogP contribution is -2.43. The summed E-state index contributed by atoms with van der Waals surface area (Å²) >= 11 is 1.15. The summed E-state index contributed by atoms with van der Waals surface area (Å²) in [6.45, 7) is 1.24. The zero-order valence-corrected chi connectivity index (χ0v) is 12.4. The summed E-state index contributed by atoms with van der Waals surface area (Å²) in [5.74, 6) is 0.413. The van der Waals surface area contributed by atoms with Gasteiger partial charge in [0.05, 0.1) is 6.10 Å². The minimum Gasteiger partial charge on any atom is -0.378 e. The van der Waals surface area contributed by atoms with Gasteiger partial charge in [0.2, 0.25) is 5.91 Å². The van der Waals surface area contributed by atoms with Gasteiger partial charge in [-0.2, -0.15) is 0 Å². The minimum absolute atomic E-state index is 0.105. The van der Waals surface area contributed by atoms with Gasteiger partial charge in [-0.3, -0.25) is 9.59 Å². The molecule has 1 saturated heterocycles. The van der Waals surface area contributed by atoms with Crippen LogP contribution < -0.4 is 16.4 Å². The highest BCUT2D eigenvalue weighted by Gasteiger charge is 2.27. The Morgan fingerprint density at radius 1 is 1.40 bits per heavy atom. The Labute approximate surface area is 123 Å². The third-order valence-electron chi connectivity index (χ3n) is 3.68. The number of thioether (sulfide) groups is 1. The van der Waals surface area contributed by atoms with Crippen LogP contribution in [0.25, 0.3) is 0 Å². The number of rotatable bonds is 6. The Hall–Kier alpha value is -0.790. The van der Waals surface area contributed by atoms with Gasteiger partial charge in [0, 0.05) is 24.9 Å². The van der Waals surface area contributed by atoms with Crippen molar-refractivity contribution in [1.29, 1.82) is 0 Å². The molecule has 2 rings (SSSR count). The molecular formula is C13H23N3O3S. The van der Waals surface area contributed by atoms with E-state index in [2.05, 4.69) is 10.6 Å². The molecule has 0 aromatic carbocycles. The van der Waals surface area contributed by atoms with Crippen molar-refractivity contribution < 1.29 is 14.3 Å². The standard InChI is InChI=1S/C13H23N3O3S/c14-9-2-4-10(5-3-9)19-7-1-6-15-12(17)11-8-20-13(18)16-11/h9-11H,1-8,14H2,(H,15,17)(H,16,18). The van der Waals surface area contributed by atoms with E-state index in [1.807, 2.05) is 0 Å². The maximum absolute atomic E-state index is 11.7. The molecule has 0 aromatic rings. The number of hydrogen-bond donors (Lipinski definition) is 3. The summed E-state index contributed by atoms with van der Waals surface area (Å²) < 4.78 is 5.77. The highest BCUT2D eigenvalue weighted by molar-refractivity contribution is 8.14. The van der Waals surface area contributed by atoms with Crippen molar-refractivity contribution in [1.82, 2.24) is 10.6 Å². The normalized spacial score (nSPS) is 30.1. The molecule has 7 heteroatoms. The quantitative estimate of drug-likeness (QED) is 0.625. The van der Waals surface area contributed by atoms with Gasteiger partial charge < -0.3 is 21.1 Å². The van der Waals surface area contributed by atoms with Crippen LogP contribution in [0, 0.1) is 0 Å². The zero-order chi connectivity index (χ0) is 14.4. The number of hydrogen-bond acceptors (Lipinski definition) is 5. The molecule has 0 radical (unpaired) electrons. The fourth-order valence-corrected chi connectivity index (χ4v) is 3.22. The van der Waals surface area contributed by atoms with Crippen LogP contribution in [-0.4, -0.2) is 48.2 Å². The van der Waals surface area contributed by atoms with Crippen LogP contribution >= 0.6 is 11.8 Å². The van der Waals surface area contributed by atoms with Gasteiger partial charge in [0.15, 0.2) is 0 Å². The number of ether oxygens (including phenoxy) is 1. The SMILES string of the molecule is NC1CCC(OCCCNC(=O)C2CSC(=O)N2)CC1. The Morgan fingerprint density at radius 2 is 2.15 bits per heavy atom. The maximum Gasteiger partial charge on any atom is 0.279 e.